The molecule has 0 saturated carbocycles. The molecule has 1 aromatic heterocycles. The molecule has 1 aromatic carbocycles. The monoisotopic (exact) mass is 519 g/mol. The number of pyridine rings is 1. The first-order chi connectivity index (χ1) is 17.2. The molecule has 3 aliphatic rings. The maximum absolute atomic E-state index is 9.35. The average molecular weight is 520 g/mol. The van der Waals surface area contributed by atoms with Crippen molar-refractivity contribution in [3.8, 4) is 0 Å². The quantitative estimate of drug-likeness (QED) is 0.317. The fourth-order valence-corrected chi connectivity index (χ4v) is 6.08. The Morgan fingerprint density at radius 2 is 2.03 bits per heavy atom. The highest BCUT2D eigenvalue weighted by atomic mass is 35.5. The topological polar surface area (TPSA) is 111 Å². The molecule has 12 heteroatoms. The summed E-state index contributed by atoms with van der Waals surface area (Å²) in [6.45, 7) is 3.02. The van der Waals surface area contributed by atoms with Crippen LogP contribution in [-0.4, -0.2) is 74.8 Å². The van der Waals surface area contributed by atoms with Gasteiger partial charge in [-0.3, -0.25) is 0 Å². The number of hydrogen-bond donors (Lipinski definition) is 0. The van der Waals surface area contributed by atoms with Gasteiger partial charge in [0.05, 0.1) is 35.8 Å². The zero-order chi connectivity index (χ0) is 24.2. The number of nitrogens with zero attached hydrogens (tertiary/aromatic N) is 5. The molecule has 2 aromatic rings. The molecule has 6 atom stereocenters. The van der Waals surface area contributed by atoms with E-state index in [-0.39, 0.29) is 0 Å². The average Bonchev–Trinajstić information content (AvgIpc) is 2.90. The highest BCUT2D eigenvalue weighted by molar-refractivity contribution is 8.00. The van der Waals surface area contributed by atoms with Gasteiger partial charge in [-0.15, -0.1) is 0 Å². The zero-order valence-electron chi connectivity index (χ0n) is 19.1. The first kappa shape index (κ1) is 24.6. The van der Waals surface area contributed by atoms with Crippen LogP contribution in [-0.2, 0) is 23.7 Å². The maximum atomic E-state index is 9.35. The molecular formula is C23H26ClN5O5S. The van der Waals surface area contributed by atoms with Crippen molar-refractivity contribution in [2.24, 2.45) is 5.11 Å². The van der Waals surface area contributed by atoms with Crippen molar-refractivity contribution in [1.82, 2.24) is 4.98 Å². The number of halogens is 1. The van der Waals surface area contributed by atoms with E-state index in [1.165, 1.54) is 11.8 Å². The van der Waals surface area contributed by atoms with Crippen molar-refractivity contribution in [2.75, 3.05) is 44.9 Å². The molecule has 0 spiro atoms. The number of aromatic nitrogens is 1. The van der Waals surface area contributed by atoms with Gasteiger partial charge in [0.2, 0.25) is 0 Å². The fraction of sp³-hybridized carbons (Fsp3) is 0.522. The van der Waals surface area contributed by atoms with E-state index in [1.807, 2.05) is 36.4 Å². The number of rotatable bonds is 6. The van der Waals surface area contributed by atoms with Gasteiger partial charge in [-0.25, -0.2) is 4.98 Å². The van der Waals surface area contributed by atoms with Crippen LogP contribution in [0.5, 0.6) is 0 Å². The van der Waals surface area contributed by atoms with Crippen LogP contribution in [0.4, 0.5) is 5.82 Å². The van der Waals surface area contributed by atoms with Crippen LogP contribution in [0.3, 0.4) is 0 Å². The molecule has 3 unspecified atom stereocenters. The standard InChI is InChI=1S/C23H26ClN5O5S/c1-30-20-18(27-28-25)19-16(13-32-22(34-19)14-5-3-2-4-6-14)33-23(20)35-17-11-15(24)12-26-21(17)29-7-9-31-10-8-29/h2-6,11-12,16,18-20,22-23H,7-10,13H2,1H3/t16?,18?,19-,20+,22?,23+/m0/s1. The largest absolute Gasteiger partial charge is 0.378 e. The van der Waals surface area contributed by atoms with Gasteiger partial charge in [0.1, 0.15) is 29.6 Å². The highest BCUT2D eigenvalue weighted by Crippen LogP contribution is 2.43. The van der Waals surface area contributed by atoms with Gasteiger partial charge < -0.3 is 28.6 Å². The van der Waals surface area contributed by atoms with Crippen LogP contribution < -0.4 is 4.90 Å². The number of ether oxygens (including phenoxy) is 5. The van der Waals surface area contributed by atoms with Gasteiger partial charge >= 0.3 is 0 Å². The second-order valence-corrected chi connectivity index (χ2v) is 9.88. The number of azide groups is 1. The van der Waals surface area contributed by atoms with Gasteiger partial charge in [0.25, 0.3) is 0 Å². The molecule has 4 heterocycles. The molecule has 0 radical (unpaired) electrons. The molecule has 0 N–H and O–H groups in total. The normalized spacial score (nSPS) is 30.9. The van der Waals surface area contributed by atoms with E-state index in [1.54, 1.807) is 13.3 Å². The first-order valence-corrected chi connectivity index (χ1v) is 12.6. The zero-order valence-corrected chi connectivity index (χ0v) is 20.7. The molecule has 0 amide bonds. The summed E-state index contributed by atoms with van der Waals surface area (Å²) < 4.78 is 30.0. The molecule has 5 rings (SSSR count). The lowest BCUT2D eigenvalue weighted by atomic mass is 9.96. The third kappa shape index (κ3) is 5.37. The smallest absolute Gasteiger partial charge is 0.184 e. The lowest BCUT2D eigenvalue weighted by Gasteiger charge is -2.47. The van der Waals surface area contributed by atoms with E-state index < -0.39 is 36.1 Å². The molecule has 3 saturated heterocycles. The Morgan fingerprint density at radius 3 is 2.77 bits per heavy atom. The molecular weight excluding hydrogens is 494 g/mol. The Hall–Kier alpha value is -2.08. The van der Waals surface area contributed by atoms with Gasteiger partial charge in [-0.1, -0.05) is 58.8 Å². The second kappa shape index (κ2) is 11.3. The van der Waals surface area contributed by atoms with Gasteiger partial charge in [0.15, 0.2) is 6.29 Å². The van der Waals surface area contributed by atoms with Crippen molar-refractivity contribution in [2.45, 2.75) is 41.0 Å². The number of hydrogen-bond acceptors (Lipinski definition) is 9. The van der Waals surface area contributed by atoms with Crippen molar-refractivity contribution in [3.05, 3.63) is 63.6 Å². The number of fused-ring (bicyclic) bond motifs is 1. The number of morpholine rings is 1. The van der Waals surface area contributed by atoms with Crippen LogP contribution >= 0.6 is 23.4 Å². The van der Waals surface area contributed by atoms with Crippen LogP contribution in [0.15, 0.2) is 52.6 Å². The predicted molar refractivity (Wildman–Crippen MR) is 131 cm³/mol. The third-order valence-corrected chi connectivity index (χ3v) is 7.56. The summed E-state index contributed by atoms with van der Waals surface area (Å²) in [5.74, 6) is 0.809. The van der Waals surface area contributed by atoms with Gasteiger partial charge in [-0.2, -0.15) is 0 Å². The molecule has 10 nitrogen and oxygen atoms in total. The second-order valence-electron chi connectivity index (χ2n) is 8.31. The Labute approximate surface area is 212 Å². The minimum atomic E-state index is -0.615. The Kier molecular flexibility index (Phi) is 7.96. The molecule has 35 heavy (non-hydrogen) atoms. The summed E-state index contributed by atoms with van der Waals surface area (Å²) in [7, 11) is 1.58. The Morgan fingerprint density at radius 1 is 1.23 bits per heavy atom. The van der Waals surface area contributed by atoms with Crippen molar-refractivity contribution < 1.29 is 23.7 Å². The summed E-state index contributed by atoms with van der Waals surface area (Å²) >= 11 is 7.75. The molecule has 3 aliphatic heterocycles. The van der Waals surface area contributed by atoms with Crippen LogP contribution in [0.2, 0.25) is 5.02 Å². The summed E-state index contributed by atoms with van der Waals surface area (Å²) in [6.07, 6.45) is -0.472. The van der Waals surface area contributed by atoms with Crippen molar-refractivity contribution in [1.29, 1.82) is 0 Å². The highest BCUT2D eigenvalue weighted by Gasteiger charge is 2.50. The lowest BCUT2D eigenvalue weighted by Crippen LogP contribution is -2.60. The third-order valence-electron chi connectivity index (χ3n) is 6.19. The van der Waals surface area contributed by atoms with Crippen LogP contribution in [0, 0.1) is 0 Å². The SMILES string of the molecule is CO[C@@H]1C(N=[N+]=[N-])[C@H]2OC(c3ccccc3)OCC2O[C@@H]1Sc1cc(Cl)cnc1N1CCOCC1. The first-order valence-electron chi connectivity index (χ1n) is 11.4. The predicted octanol–water partition coefficient (Wildman–Crippen LogP) is 4.20. The maximum Gasteiger partial charge on any atom is 0.184 e. The number of methoxy groups -OCH3 is 1. The summed E-state index contributed by atoms with van der Waals surface area (Å²) in [6, 6.07) is 10.9. The molecule has 0 bridgehead atoms. The van der Waals surface area contributed by atoms with Crippen molar-refractivity contribution in [3.63, 3.8) is 0 Å². The van der Waals surface area contributed by atoms with E-state index in [0.717, 1.165) is 29.4 Å². The lowest BCUT2D eigenvalue weighted by molar-refractivity contribution is -0.298. The molecule has 3 fully saturated rings. The van der Waals surface area contributed by atoms with E-state index in [9.17, 15) is 5.53 Å². The molecule has 0 aliphatic carbocycles. The minimum Gasteiger partial charge on any atom is -0.378 e. The van der Waals surface area contributed by atoms with E-state index in [2.05, 4.69) is 19.9 Å². The molecule has 186 valence electrons. The van der Waals surface area contributed by atoms with E-state index in [0.29, 0.717) is 24.8 Å². The summed E-state index contributed by atoms with van der Waals surface area (Å²) in [4.78, 5) is 10.7. The minimum absolute atomic E-state index is 0.291. The Balaban J connectivity index is 1.40. The fourth-order valence-electron chi connectivity index (χ4n) is 4.52. The number of thioether (sulfide) groups is 1. The number of anilines is 1. The number of benzene rings is 1. The van der Waals surface area contributed by atoms with E-state index >= 15 is 0 Å². The summed E-state index contributed by atoms with van der Waals surface area (Å²) in [5.41, 5.74) is 9.74. The van der Waals surface area contributed by atoms with Gasteiger partial charge in [0, 0.05) is 36.9 Å². The van der Waals surface area contributed by atoms with Crippen LogP contribution in [0.1, 0.15) is 11.9 Å². The summed E-state index contributed by atoms with van der Waals surface area (Å²) in [5, 5.41) is 4.61. The van der Waals surface area contributed by atoms with Crippen molar-refractivity contribution >= 4 is 29.2 Å². The van der Waals surface area contributed by atoms with E-state index in [4.69, 9.17) is 35.3 Å². The van der Waals surface area contributed by atoms with Gasteiger partial charge in [-0.05, 0) is 11.6 Å². The van der Waals surface area contributed by atoms with Crippen LogP contribution in [0.25, 0.3) is 10.4 Å². The Bertz CT molecular complexity index is 1060.